The summed E-state index contributed by atoms with van der Waals surface area (Å²) in [4.78, 5) is 18.7. The Hall–Kier alpha value is -4.87. The largest absolute Gasteiger partial charge is 0.475 e. The number of nitrogens with two attached hydrogens (primary N) is 2. The molecule has 1 aromatic carbocycles. The van der Waals surface area contributed by atoms with Crippen LogP contribution in [0, 0.1) is 23.0 Å². The molecule has 14 heteroatoms. The average molecular weight is 563 g/mol. The van der Waals surface area contributed by atoms with Gasteiger partial charge >= 0.3 is 6.01 Å². The Balaban J connectivity index is 1.59. The Morgan fingerprint density at radius 3 is 2.75 bits per heavy atom. The van der Waals surface area contributed by atoms with Crippen molar-refractivity contribution in [2.45, 2.75) is 12.1 Å². The standard InChI is InChI=1S/C26H20F2N8O3S/c1-36-14(21(37)10-5-6-32-15(30)7-10)9-39-25-17-20(34-26(38-2)35-24(17)36)18(28)19(33-25)11-3-4-13(27)22-16(11)12(8-29)23(31)40-22/h3-7,14,21,37H,9,31H2,1-2H3,(H2,30,32). The number of aliphatic hydroxyl groups excluding tert-OH is 1. The van der Waals surface area contributed by atoms with Crippen molar-refractivity contribution in [3.8, 4) is 29.2 Å². The molecule has 0 saturated heterocycles. The number of benzene rings is 1. The highest BCUT2D eigenvalue weighted by molar-refractivity contribution is 7.23. The average Bonchev–Trinajstić information content (AvgIpc) is 3.23. The van der Waals surface area contributed by atoms with E-state index in [9.17, 15) is 14.8 Å². The van der Waals surface area contributed by atoms with Gasteiger partial charge in [-0.05, 0) is 29.8 Å². The first-order valence-corrected chi connectivity index (χ1v) is 12.7. The van der Waals surface area contributed by atoms with Crippen LogP contribution in [0.3, 0.4) is 0 Å². The third kappa shape index (κ3) is 3.78. The number of ether oxygens (including phenoxy) is 2. The molecule has 4 aromatic heterocycles. The Kier molecular flexibility index (Phi) is 5.97. The lowest BCUT2D eigenvalue weighted by molar-refractivity contribution is 0.114. The van der Waals surface area contributed by atoms with Crippen LogP contribution < -0.4 is 25.8 Å². The van der Waals surface area contributed by atoms with Crippen LogP contribution in [0.25, 0.3) is 32.2 Å². The number of thiophene rings is 1. The molecule has 2 unspecified atom stereocenters. The number of nitrogens with zero attached hydrogens (tertiary/aromatic N) is 6. The molecule has 11 nitrogen and oxygen atoms in total. The minimum absolute atomic E-state index is 0.0148. The Bertz CT molecular complexity index is 1880. The minimum Gasteiger partial charge on any atom is -0.475 e. The fraction of sp³-hybridized carbons (Fsp3) is 0.192. The van der Waals surface area contributed by atoms with Gasteiger partial charge in [0.05, 0.1) is 23.4 Å². The van der Waals surface area contributed by atoms with E-state index in [4.69, 9.17) is 20.9 Å². The zero-order valence-corrected chi connectivity index (χ0v) is 21.8. The molecule has 1 aliphatic heterocycles. The number of hydrogen-bond donors (Lipinski definition) is 3. The van der Waals surface area contributed by atoms with Crippen LogP contribution in [0.1, 0.15) is 17.2 Å². The summed E-state index contributed by atoms with van der Waals surface area (Å²) < 4.78 is 42.4. The fourth-order valence-corrected chi connectivity index (χ4v) is 5.79. The Morgan fingerprint density at radius 2 is 2.02 bits per heavy atom. The van der Waals surface area contributed by atoms with Crippen molar-refractivity contribution in [1.29, 1.82) is 5.26 Å². The highest BCUT2D eigenvalue weighted by Gasteiger charge is 2.35. The van der Waals surface area contributed by atoms with Gasteiger partial charge in [-0.2, -0.15) is 15.2 Å². The monoisotopic (exact) mass is 562 g/mol. The van der Waals surface area contributed by atoms with Crippen LogP contribution in [-0.2, 0) is 0 Å². The first-order chi connectivity index (χ1) is 19.2. The van der Waals surface area contributed by atoms with Crippen LogP contribution in [0.2, 0.25) is 0 Å². The first-order valence-electron chi connectivity index (χ1n) is 11.8. The maximum absolute atomic E-state index is 16.3. The number of halogens is 2. The number of anilines is 3. The summed E-state index contributed by atoms with van der Waals surface area (Å²) in [6.07, 6.45) is 0.375. The molecule has 0 amide bonds. The summed E-state index contributed by atoms with van der Waals surface area (Å²) in [5.74, 6) is -1.04. The molecule has 5 heterocycles. The van der Waals surface area contributed by atoms with Gasteiger partial charge in [0.15, 0.2) is 5.82 Å². The molecule has 0 fully saturated rings. The van der Waals surface area contributed by atoms with Gasteiger partial charge in [0.2, 0.25) is 5.88 Å². The summed E-state index contributed by atoms with van der Waals surface area (Å²) in [7, 11) is 3.01. The van der Waals surface area contributed by atoms with Gasteiger partial charge in [0.25, 0.3) is 0 Å². The molecule has 6 rings (SSSR count). The van der Waals surface area contributed by atoms with E-state index in [1.165, 1.54) is 19.4 Å². The number of aromatic nitrogens is 4. The van der Waals surface area contributed by atoms with Crippen molar-refractivity contribution >= 4 is 49.0 Å². The predicted octanol–water partition coefficient (Wildman–Crippen LogP) is 3.56. The van der Waals surface area contributed by atoms with E-state index in [0.717, 1.165) is 17.4 Å². The molecule has 0 aliphatic carbocycles. The minimum atomic E-state index is -1.10. The molecule has 5 aromatic rings. The van der Waals surface area contributed by atoms with Crippen LogP contribution in [0.4, 0.5) is 25.4 Å². The molecule has 2 atom stereocenters. The SMILES string of the molecule is COc1nc2c3c(nc(-c4ccc(F)c5sc(N)c(C#N)c45)c(F)c3n1)OCC(C(O)c1ccnc(N)c1)N2C. The summed E-state index contributed by atoms with van der Waals surface area (Å²) in [6, 6.07) is 6.78. The molecule has 1 aliphatic rings. The first kappa shape index (κ1) is 25.4. The summed E-state index contributed by atoms with van der Waals surface area (Å²) >= 11 is 0.889. The van der Waals surface area contributed by atoms with Crippen molar-refractivity contribution < 1.29 is 23.4 Å². The lowest BCUT2D eigenvalue weighted by Crippen LogP contribution is -2.41. The lowest BCUT2D eigenvalue weighted by atomic mass is 10.0. The van der Waals surface area contributed by atoms with E-state index >= 15 is 4.39 Å². The van der Waals surface area contributed by atoms with Crippen LogP contribution in [-0.4, -0.2) is 51.8 Å². The number of likely N-dealkylation sites (N-methyl/N-ethyl adjacent to an activating group) is 1. The van der Waals surface area contributed by atoms with Crippen molar-refractivity contribution in [3.63, 3.8) is 0 Å². The zero-order valence-electron chi connectivity index (χ0n) is 21.0. The molecule has 5 N–H and O–H groups in total. The zero-order chi connectivity index (χ0) is 28.3. The number of nitriles is 1. The van der Waals surface area contributed by atoms with E-state index < -0.39 is 23.8 Å². The molecule has 0 saturated carbocycles. The number of rotatable bonds is 4. The van der Waals surface area contributed by atoms with Gasteiger partial charge in [-0.25, -0.2) is 18.7 Å². The van der Waals surface area contributed by atoms with Gasteiger partial charge < -0.3 is 30.9 Å². The quantitative estimate of drug-likeness (QED) is 0.293. The highest BCUT2D eigenvalue weighted by atomic mass is 32.1. The Morgan fingerprint density at radius 1 is 1.23 bits per heavy atom. The topological polar surface area (TPSA) is 169 Å². The number of pyridine rings is 2. The molecule has 0 spiro atoms. The van der Waals surface area contributed by atoms with Crippen molar-refractivity contribution in [1.82, 2.24) is 19.9 Å². The number of hydrogen-bond acceptors (Lipinski definition) is 12. The molecular formula is C26H20F2N8O3S. The van der Waals surface area contributed by atoms with Crippen molar-refractivity contribution in [3.05, 3.63) is 53.2 Å². The summed E-state index contributed by atoms with van der Waals surface area (Å²) in [5, 5.41) is 21.4. The van der Waals surface area contributed by atoms with Gasteiger partial charge in [-0.15, -0.1) is 11.3 Å². The molecular weight excluding hydrogens is 542 g/mol. The molecule has 202 valence electrons. The normalized spacial score (nSPS) is 15.5. The molecule has 0 radical (unpaired) electrons. The number of nitrogen functional groups attached to an aromatic ring is 2. The molecule has 0 bridgehead atoms. The van der Waals surface area contributed by atoms with Gasteiger partial charge in [0, 0.05) is 24.2 Å². The second-order valence-corrected chi connectivity index (χ2v) is 10.1. The maximum atomic E-state index is 16.3. The summed E-state index contributed by atoms with van der Waals surface area (Å²) in [5.41, 5.74) is 12.0. The van der Waals surface area contributed by atoms with Gasteiger partial charge in [0.1, 0.15) is 57.8 Å². The number of methoxy groups -OCH3 is 1. The fourth-order valence-electron chi connectivity index (χ4n) is 4.84. The number of aliphatic hydroxyl groups is 1. The molecule has 40 heavy (non-hydrogen) atoms. The summed E-state index contributed by atoms with van der Waals surface area (Å²) in [6.45, 7) is -0.0839. The van der Waals surface area contributed by atoms with E-state index in [1.807, 2.05) is 6.07 Å². The van der Waals surface area contributed by atoms with E-state index in [2.05, 4.69) is 19.9 Å². The van der Waals surface area contributed by atoms with E-state index in [1.54, 1.807) is 24.1 Å². The van der Waals surface area contributed by atoms with Crippen LogP contribution in [0.15, 0.2) is 30.5 Å². The third-order valence-corrected chi connectivity index (χ3v) is 7.84. The highest BCUT2D eigenvalue weighted by Crippen LogP contribution is 2.45. The maximum Gasteiger partial charge on any atom is 0.318 e. The van der Waals surface area contributed by atoms with Crippen LogP contribution in [0.5, 0.6) is 11.9 Å². The van der Waals surface area contributed by atoms with Gasteiger partial charge in [-0.3, -0.25) is 0 Å². The smallest absolute Gasteiger partial charge is 0.318 e. The van der Waals surface area contributed by atoms with Gasteiger partial charge in [-0.1, -0.05) is 0 Å². The Labute approximate surface area is 229 Å². The number of fused-ring (bicyclic) bond motifs is 1. The van der Waals surface area contributed by atoms with E-state index in [0.29, 0.717) is 5.56 Å². The van der Waals surface area contributed by atoms with Crippen LogP contribution >= 0.6 is 11.3 Å². The second-order valence-electron chi connectivity index (χ2n) is 9.04. The van der Waals surface area contributed by atoms with E-state index in [-0.39, 0.29) is 72.9 Å². The van der Waals surface area contributed by atoms with Crippen molar-refractivity contribution in [2.24, 2.45) is 0 Å². The second kappa shape index (κ2) is 9.40. The predicted molar refractivity (Wildman–Crippen MR) is 145 cm³/mol. The lowest BCUT2D eigenvalue weighted by Gasteiger charge is -2.31. The van der Waals surface area contributed by atoms with Crippen molar-refractivity contribution in [2.75, 3.05) is 37.1 Å². The third-order valence-electron chi connectivity index (χ3n) is 6.81.